The standard InChI is InChI=1S/C21H22F6N2O3/c1-14-3-2-4-16(10-28-11-18(9-14)32-13-20(22,23)24)29-19(30)12-31-17-7-5-15(6-8-17)21(25,26)27/h5-9,11,16H,1-4,10,12-13H2,(H,29,30)/b18-9+,28-11?. The first kappa shape index (κ1) is 25.3. The van der Waals surface area contributed by atoms with Gasteiger partial charge >= 0.3 is 12.4 Å². The number of allylic oxidation sites excluding steroid dienone is 3. The van der Waals surface area contributed by atoms with Crippen LogP contribution in [0, 0.1) is 0 Å². The van der Waals surface area contributed by atoms with Gasteiger partial charge in [0.2, 0.25) is 0 Å². The molecule has 11 heteroatoms. The van der Waals surface area contributed by atoms with Crippen LogP contribution in [0.2, 0.25) is 0 Å². The number of aliphatic imine (C=N–C) groups is 1. The summed E-state index contributed by atoms with van der Waals surface area (Å²) in [7, 11) is 0. The lowest BCUT2D eigenvalue weighted by atomic mass is 10.0. The van der Waals surface area contributed by atoms with Crippen LogP contribution >= 0.6 is 0 Å². The molecule has 5 nitrogen and oxygen atoms in total. The molecule has 0 spiro atoms. The van der Waals surface area contributed by atoms with Crippen molar-refractivity contribution >= 4 is 12.1 Å². The van der Waals surface area contributed by atoms with E-state index in [1.807, 2.05) is 0 Å². The number of amides is 1. The first-order valence-corrected chi connectivity index (χ1v) is 9.60. The number of rotatable bonds is 6. The molecule has 1 atom stereocenters. The summed E-state index contributed by atoms with van der Waals surface area (Å²) >= 11 is 0. The van der Waals surface area contributed by atoms with Gasteiger partial charge in [-0.15, -0.1) is 0 Å². The SMILES string of the molecule is C=C1/C=C(/OCC(F)(F)F)C=NCC(NC(=O)COc2ccc(C(F)(F)F)cc2)CCC1. The molecule has 1 N–H and O–H groups in total. The van der Waals surface area contributed by atoms with Crippen molar-refractivity contribution in [3.05, 3.63) is 53.8 Å². The van der Waals surface area contributed by atoms with Gasteiger partial charge in [-0.3, -0.25) is 9.79 Å². The molecule has 0 aromatic heterocycles. The minimum atomic E-state index is -4.49. The molecule has 1 aromatic rings. The molecule has 0 saturated carbocycles. The van der Waals surface area contributed by atoms with Crippen molar-refractivity contribution in [2.24, 2.45) is 4.99 Å². The summed E-state index contributed by atoms with van der Waals surface area (Å²) in [5.41, 5.74) is -0.269. The predicted octanol–water partition coefficient (Wildman–Crippen LogP) is 4.84. The van der Waals surface area contributed by atoms with E-state index in [4.69, 9.17) is 9.47 Å². The minimum absolute atomic E-state index is 0.0788. The van der Waals surface area contributed by atoms with E-state index in [9.17, 15) is 31.1 Å². The number of nitrogens with one attached hydrogen (secondary N) is 1. The maximum Gasteiger partial charge on any atom is 0.422 e. The third-order valence-corrected chi connectivity index (χ3v) is 4.26. The van der Waals surface area contributed by atoms with Crippen LogP contribution in [0.4, 0.5) is 26.3 Å². The summed E-state index contributed by atoms with van der Waals surface area (Å²) in [6.45, 7) is 2.00. The number of alkyl halides is 6. The highest BCUT2D eigenvalue weighted by Gasteiger charge is 2.30. The van der Waals surface area contributed by atoms with Gasteiger partial charge in [0.15, 0.2) is 13.2 Å². The normalized spacial score (nSPS) is 19.6. The predicted molar refractivity (Wildman–Crippen MR) is 105 cm³/mol. The van der Waals surface area contributed by atoms with Gasteiger partial charge in [-0.1, -0.05) is 12.2 Å². The van der Waals surface area contributed by atoms with Crippen LogP contribution in [0.5, 0.6) is 5.75 Å². The summed E-state index contributed by atoms with van der Waals surface area (Å²) in [6.07, 6.45) is -4.79. The molecule has 1 amide bonds. The largest absolute Gasteiger partial charge is 0.484 e. The van der Waals surface area contributed by atoms with Gasteiger partial charge in [0.25, 0.3) is 5.91 Å². The van der Waals surface area contributed by atoms with Gasteiger partial charge in [0, 0.05) is 6.04 Å². The van der Waals surface area contributed by atoms with Crippen molar-refractivity contribution < 1.29 is 40.6 Å². The second-order valence-corrected chi connectivity index (χ2v) is 7.07. The van der Waals surface area contributed by atoms with E-state index in [1.165, 1.54) is 6.08 Å². The number of halogens is 6. The molecule has 176 valence electrons. The average molecular weight is 464 g/mol. The number of ether oxygens (including phenoxy) is 2. The second-order valence-electron chi connectivity index (χ2n) is 7.07. The molecule has 0 radical (unpaired) electrons. The Morgan fingerprint density at radius 1 is 1.12 bits per heavy atom. The van der Waals surface area contributed by atoms with E-state index >= 15 is 0 Å². The minimum Gasteiger partial charge on any atom is -0.484 e. The molecule has 1 unspecified atom stereocenters. The van der Waals surface area contributed by atoms with Crippen LogP contribution in [0.25, 0.3) is 0 Å². The maximum atomic E-state index is 12.6. The van der Waals surface area contributed by atoms with Crippen LogP contribution in [-0.2, 0) is 15.7 Å². The Labute approximate surface area is 180 Å². The van der Waals surface area contributed by atoms with Gasteiger partial charge in [0.05, 0.1) is 18.3 Å². The van der Waals surface area contributed by atoms with Gasteiger partial charge in [0.1, 0.15) is 11.5 Å². The van der Waals surface area contributed by atoms with E-state index in [0.29, 0.717) is 24.8 Å². The Kier molecular flexibility index (Phi) is 8.73. The number of benzene rings is 1. The fraction of sp³-hybridized carbons (Fsp3) is 0.429. The van der Waals surface area contributed by atoms with Crippen molar-refractivity contribution in [2.75, 3.05) is 19.8 Å². The third kappa shape index (κ3) is 9.44. The molecular formula is C21H22F6N2O3. The molecule has 0 bridgehead atoms. The van der Waals surface area contributed by atoms with Gasteiger partial charge in [-0.25, -0.2) is 0 Å². The van der Waals surface area contributed by atoms with Crippen LogP contribution in [0.15, 0.2) is 53.2 Å². The monoisotopic (exact) mass is 464 g/mol. The van der Waals surface area contributed by atoms with Crippen molar-refractivity contribution in [3.8, 4) is 5.75 Å². The zero-order valence-electron chi connectivity index (χ0n) is 16.9. The molecule has 1 heterocycles. The molecule has 1 aliphatic heterocycles. The number of carbonyl (C=O) groups is 1. The molecule has 0 saturated heterocycles. The smallest absolute Gasteiger partial charge is 0.422 e. The fourth-order valence-electron chi connectivity index (χ4n) is 2.77. The molecule has 0 fully saturated rings. The van der Waals surface area contributed by atoms with E-state index in [2.05, 4.69) is 16.9 Å². The summed E-state index contributed by atoms with van der Waals surface area (Å²) < 4.78 is 84.8. The lowest BCUT2D eigenvalue weighted by Crippen LogP contribution is -2.40. The number of nitrogens with zero attached hydrogens (tertiary/aromatic N) is 1. The van der Waals surface area contributed by atoms with Gasteiger partial charge in [-0.05, 0) is 49.6 Å². The molecule has 2 rings (SSSR count). The Balaban J connectivity index is 1.88. The molecule has 0 aliphatic carbocycles. The molecule has 1 aliphatic rings. The Morgan fingerprint density at radius 2 is 1.81 bits per heavy atom. The zero-order chi connectivity index (χ0) is 23.8. The van der Waals surface area contributed by atoms with Gasteiger partial charge < -0.3 is 14.8 Å². The summed E-state index contributed by atoms with van der Waals surface area (Å²) in [5, 5.41) is 2.70. The Morgan fingerprint density at radius 3 is 2.44 bits per heavy atom. The maximum absolute atomic E-state index is 12.6. The van der Waals surface area contributed by atoms with E-state index < -0.39 is 43.1 Å². The summed E-state index contributed by atoms with van der Waals surface area (Å²) in [6, 6.07) is 3.52. The summed E-state index contributed by atoms with van der Waals surface area (Å²) in [5.74, 6) is -0.486. The fourth-order valence-corrected chi connectivity index (χ4v) is 2.77. The lowest BCUT2D eigenvalue weighted by molar-refractivity contribution is -0.163. The van der Waals surface area contributed by atoms with E-state index in [0.717, 1.165) is 30.5 Å². The quantitative estimate of drug-likeness (QED) is 0.613. The number of hydrogen-bond donors (Lipinski definition) is 1. The first-order chi connectivity index (χ1) is 14.9. The zero-order valence-corrected chi connectivity index (χ0v) is 16.9. The van der Waals surface area contributed by atoms with Crippen LogP contribution in [0.3, 0.4) is 0 Å². The average Bonchev–Trinajstić information content (AvgIpc) is 2.69. The van der Waals surface area contributed by atoms with E-state index in [1.54, 1.807) is 0 Å². The van der Waals surface area contributed by atoms with Gasteiger partial charge in [-0.2, -0.15) is 26.3 Å². The molecule has 1 aromatic carbocycles. The first-order valence-electron chi connectivity index (χ1n) is 9.60. The van der Waals surface area contributed by atoms with Crippen molar-refractivity contribution in [1.29, 1.82) is 0 Å². The topological polar surface area (TPSA) is 59.9 Å². The highest BCUT2D eigenvalue weighted by molar-refractivity contribution is 5.78. The Hall–Kier alpha value is -2.98. The van der Waals surface area contributed by atoms with E-state index in [-0.39, 0.29) is 18.1 Å². The van der Waals surface area contributed by atoms with Crippen molar-refractivity contribution in [3.63, 3.8) is 0 Å². The van der Waals surface area contributed by atoms with Crippen molar-refractivity contribution in [1.82, 2.24) is 5.32 Å². The van der Waals surface area contributed by atoms with Crippen LogP contribution in [0.1, 0.15) is 24.8 Å². The highest BCUT2D eigenvalue weighted by Crippen LogP contribution is 2.30. The summed E-state index contributed by atoms with van der Waals surface area (Å²) in [4.78, 5) is 16.2. The lowest BCUT2D eigenvalue weighted by Gasteiger charge is -2.18. The molecular weight excluding hydrogens is 442 g/mol. The molecule has 32 heavy (non-hydrogen) atoms. The Bertz CT molecular complexity index is 845. The number of carbonyl (C=O) groups excluding carboxylic acids is 1. The van der Waals surface area contributed by atoms with Crippen molar-refractivity contribution in [2.45, 2.75) is 37.7 Å². The number of hydrogen-bond acceptors (Lipinski definition) is 4. The third-order valence-electron chi connectivity index (χ3n) is 4.26. The highest BCUT2D eigenvalue weighted by atomic mass is 19.4. The van der Waals surface area contributed by atoms with Crippen LogP contribution in [-0.4, -0.2) is 44.1 Å². The van der Waals surface area contributed by atoms with Crippen LogP contribution < -0.4 is 10.1 Å². The second kappa shape index (κ2) is 11.1.